The number of hydrogen-bond acceptors (Lipinski definition) is 2. The van der Waals surface area contributed by atoms with Gasteiger partial charge in [-0.2, -0.15) is 0 Å². The van der Waals surface area contributed by atoms with Crippen LogP contribution in [0.4, 0.5) is 0 Å². The van der Waals surface area contributed by atoms with Crippen LogP contribution in [0.1, 0.15) is 24.4 Å². The van der Waals surface area contributed by atoms with E-state index >= 15 is 0 Å². The average Bonchev–Trinajstić information content (AvgIpc) is 2.28. The number of halogens is 1. The van der Waals surface area contributed by atoms with Crippen molar-refractivity contribution in [3.63, 3.8) is 0 Å². The van der Waals surface area contributed by atoms with Gasteiger partial charge in [0.2, 0.25) is 0 Å². The molecule has 0 radical (unpaired) electrons. The summed E-state index contributed by atoms with van der Waals surface area (Å²) in [6.45, 7) is 1.90. The van der Waals surface area contributed by atoms with Crippen LogP contribution in [0.25, 0.3) is 0 Å². The molecule has 0 spiro atoms. The molecule has 2 rings (SSSR count). The molecule has 1 aromatic rings. The monoisotopic (exact) mass is 238 g/mol. The maximum absolute atomic E-state index is 6.05. The van der Waals surface area contributed by atoms with Crippen molar-refractivity contribution in [2.45, 2.75) is 18.9 Å². The smallest absolute Gasteiger partial charge is 0.0409 e. The molecular weight excluding hydrogens is 220 g/mol. The Morgan fingerprint density at radius 3 is 3.00 bits per heavy atom. The van der Waals surface area contributed by atoms with Gasteiger partial charge in [0.1, 0.15) is 0 Å². The van der Waals surface area contributed by atoms with Gasteiger partial charge in [0, 0.05) is 11.1 Å². The minimum atomic E-state index is 0.428. The number of nitrogens with zero attached hydrogens (tertiary/aromatic N) is 1. The highest BCUT2D eigenvalue weighted by molar-refractivity contribution is 6.30. The molecule has 88 valence electrons. The Balaban J connectivity index is 2.28. The van der Waals surface area contributed by atoms with Gasteiger partial charge in [0.05, 0.1) is 0 Å². The van der Waals surface area contributed by atoms with Crippen molar-refractivity contribution in [2.24, 2.45) is 11.7 Å². The predicted octanol–water partition coefficient (Wildman–Crippen LogP) is 2.68. The Hall–Kier alpha value is -0.570. The molecule has 2 N–H and O–H groups in total. The third-order valence-electron chi connectivity index (χ3n) is 3.50. The van der Waals surface area contributed by atoms with E-state index in [1.165, 1.54) is 18.4 Å². The molecule has 1 aliphatic rings. The summed E-state index contributed by atoms with van der Waals surface area (Å²) in [5.74, 6) is 0.553. The fourth-order valence-corrected chi connectivity index (χ4v) is 2.92. The van der Waals surface area contributed by atoms with Gasteiger partial charge in [-0.15, -0.1) is 0 Å². The van der Waals surface area contributed by atoms with Gasteiger partial charge in [-0.1, -0.05) is 23.7 Å². The highest BCUT2D eigenvalue weighted by Crippen LogP contribution is 2.35. The third-order valence-corrected chi connectivity index (χ3v) is 3.74. The summed E-state index contributed by atoms with van der Waals surface area (Å²) in [4.78, 5) is 2.40. The largest absolute Gasteiger partial charge is 0.330 e. The molecule has 0 aromatic heterocycles. The lowest BCUT2D eigenvalue weighted by atomic mass is 9.85. The zero-order chi connectivity index (χ0) is 11.5. The number of nitrogens with two attached hydrogens (primary N) is 1. The minimum Gasteiger partial charge on any atom is -0.330 e. The van der Waals surface area contributed by atoms with Crippen LogP contribution >= 0.6 is 11.6 Å². The van der Waals surface area contributed by atoms with Gasteiger partial charge in [-0.05, 0) is 56.6 Å². The molecule has 2 atom stereocenters. The molecule has 2 unspecified atom stereocenters. The summed E-state index contributed by atoms with van der Waals surface area (Å²) in [5.41, 5.74) is 7.17. The van der Waals surface area contributed by atoms with E-state index in [1.807, 2.05) is 12.1 Å². The zero-order valence-electron chi connectivity index (χ0n) is 9.70. The number of rotatable bonds is 2. The summed E-state index contributed by atoms with van der Waals surface area (Å²) in [6.07, 6.45) is 2.47. The van der Waals surface area contributed by atoms with E-state index in [2.05, 4.69) is 24.1 Å². The summed E-state index contributed by atoms with van der Waals surface area (Å²) in [5, 5.41) is 0.812. The standard InChI is InChI=1S/C13H19ClN2/c1-16-7-3-5-11(9-15)13(16)10-4-2-6-12(14)8-10/h2,4,6,8,11,13H,3,5,7,9,15H2,1H3. The third kappa shape index (κ3) is 2.40. The number of benzene rings is 1. The maximum Gasteiger partial charge on any atom is 0.0409 e. The second kappa shape index (κ2) is 5.17. The SMILES string of the molecule is CN1CCCC(CN)C1c1cccc(Cl)c1. The number of likely N-dealkylation sites (tertiary alicyclic amines) is 1. The molecule has 0 bridgehead atoms. The molecule has 1 aromatic carbocycles. The number of hydrogen-bond donors (Lipinski definition) is 1. The van der Waals surface area contributed by atoms with Crippen LogP contribution in [0.5, 0.6) is 0 Å². The maximum atomic E-state index is 6.05. The summed E-state index contributed by atoms with van der Waals surface area (Å²) in [7, 11) is 2.17. The van der Waals surface area contributed by atoms with Gasteiger partial charge < -0.3 is 5.73 Å². The fourth-order valence-electron chi connectivity index (χ4n) is 2.72. The Bertz CT molecular complexity index is 354. The Labute approximate surface area is 102 Å². The van der Waals surface area contributed by atoms with Crippen LogP contribution in [-0.4, -0.2) is 25.0 Å². The van der Waals surface area contributed by atoms with Gasteiger partial charge >= 0.3 is 0 Å². The highest BCUT2D eigenvalue weighted by atomic mass is 35.5. The molecule has 1 saturated heterocycles. The molecule has 1 aliphatic heterocycles. The second-order valence-electron chi connectivity index (χ2n) is 4.62. The van der Waals surface area contributed by atoms with Gasteiger partial charge in [0.25, 0.3) is 0 Å². The first-order valence-electron chi connectivity index (χ1n) is 5.88. The normalized spacial score (nSPS) is 26.9. The Kier molecular flexibility index (Phi) is 3.85. The summed E-state index contributed by atoms with van der Waals surface area (Å²) >= 11 is 6.05. The quantitative estimate of drug-likeness (QED) is 0.859. The van der Waals surface area contributed by atoms with E-state index in [-0.39, 0.29) is 0 Å². The molecular formula is C13H19ClN2. The summed E-state index contributed by atoms with van der Waals surface area (Å²) < 4.78 is 0. The van der Waals surface area contributed by atoms with Crippen molar-refractivity contribution in [1.29, 1.82) is 0 Å². The van der Waals surface area contributed by atoms with Crippen molar-refractivity contribution in [2.75, 3.05) is 20.1 Å². The van der Waals surface area contributed by atoms with E-state index in [4.69, 9.17) is 17.3 Å². The molecule has 0 aliphatic carbocycles. The topological polar surface area (TPSA) is 29.3 Å². The zero-order valence-corrected chi connectivity index (χ0v) is 10.5. The molecule has 1 fully saturated rings. The summed E-state index contributed by atoms with van der Waals surface area (Å²) in [6, 6.07) is 8.59. The van der Waals surface area contributed by atoms with Gasteiger partial charge in [0.15, 0.2) is 0 Å². The van der Waals surface area contributed by atoms with E-state index < -0.39 is 0 Å². The first-order chi connectivity index (χ1) is 7.72. The van der Waals surface area contributed by atoms with Crippen molar-refractivity contribution >= 4 is 11.6 Å². The van der Waals surface area contributed by atoms with Gasteiger partial charge in [-0.3, -0.25) is 4.90 Å². The van der Waals surface area contributed by atoms with Crippen LogP contribution < -0.4 is 5.73 Å². The fraction of sp³-hybridized carbons (Fsp3) is 0.538. The van der Waals surface area contributed by atoms with Gasteiger partial charge in [-0.25, -0.2) is 0 Å². The van der Waals surface area contributed by atoms with Crippen molar-refractivity contribution < 1.29 is 0 Å². The molecule has 16 heavy (non-hydrogen) atoms. The molecule has 1 heterocycles. The molecule has 0 amide bonds. The molecule has 0 saturated carbocycles. The van der Waals surface area contributed by atoms with Crippen LogP contribution in [0, 0.1) is 5.92 Å². The van der Waals surface area contributed by atoms with E-state index in [0.29, 0.717) is 12.0 Å². The van der Waals surface area contributed by atoms with E-state index in [0.717, 1.165) is 18.1 Å². The first-order valence-corrected chi connectivity index (χ1v) is 6.26. The van der Waals surface area contributed by atoms with Crippen molar-refractivity contribution in [3.8, 4) is 0 Å². The lowest BCUT2D eigenvalue weighted by Crippen LogP contribution is -2.39. The first kappa shape index (κ1) is 11.9. The van der Waals surface area contributed by atoms with Crippen LogP contribution in [0.15, 0.2) is 24.3 Å². The molecule has 2 nitrogen and oxygen atoms in total. The highest BCUT2D eigenvalue weighted by Gasteiger charge is 2.29. The van der Waals surface area contributed by atoms with Crippen LogP contribution in [0.2, 0.25) is 5.02 Å². The Morgan fingerprint density at radius 2 is 2.31 bits per heavy atom. The van der Waals surface area contributed by atoms with E-state index in [1.54, 1.807) is 0 Å². The lowest BCUT2D eigenvalue weighted by molar-refractivity contribution is 0.125. The van der Waals surface area contributed by atoms with Crippen LogP contribution in [-0.2, 0) is 0 Å². The van der Waals surface area contributed by atoms with Crippen molar-refractivity contribution in [1.82, 2.24) is 4.90 Å². The second-order valence-corrected chi connectivity index (χ2v) is 5.05. The Morgan fingerprint density at radius 1 is 1.50 bits per heavy atom. The van der Waals surface area contributed by atoms with Crippen molar-refractivity contribution in [3.05, 3.63) is 34.9 Å². The van der Waals surface area contributed by atoms with Crippen LogP contribution in [0.3, 0.4) is 0 Å². The number of piperidine rings is 1. The predicted molar refractivity (Wildman–Crippen MR) is 68.6 cm³/mol. The molecule has 3 heteroatoms. The lowest BCUT2D eigenvalue weighted by Gasteiger charge is -2.39. The minimum absolute atomic E-state index is 0.428. The average molecular weight is 239 g/mol. The van der Waals surface area contributed by atoms with E-state index in [9.17, 15) is 0 Å².